The second-order valence-electron chi connectivity index (χ2n) is 4.28. The fraction of sp³-hybridized carbons (Fsp3) is 0.900. The Labute approximate surface area is 79.4 Å². The standard InChI is InChI=1S/C10H18O3/c1-4-5-6-10(2,3)8-7-12-9(11)13-8/h8H,4-7H2,1-3H3/p+1. The summed E-state index contributed by atoms with van der Waals surface area (Å²) in [6.07, 6.45) is 3.21. The van der Waals surface area contributed by atoms with E-state index in [9.17, 15) is 0 Å². The van der Waals surface area contributed by atoms with Crippen molar-refractivity contribution in [1.82, 2.24) is 0 Å². The van der Waals surface area contributed by atoms with Crippen LogP contribution in [0, 0.1) is 5.41 Å². The molecule has 0 aromatic carbocycles. The van der Waals surface area contributed by atoms with E-state index in [1.165, 1.54) is 12.8 Å². The molecule has 3 heteroatoms. The maximum Gasteiger partial charge on any atom is 0.713 e. The Morgan fingerprint density at radius 3 is 2.69 bits per heavy atom. The zero-order valence-electron chi connectivity index (χ0n) is 8.67. The Morgan fingerprint density at radius 1 is 1.54 bits per heavy atom. The van der Waals surface area contributed by atoms with Crippen molar-refractivity contribution < 1.29 is 14.3 Å². The fourth-order valence-corrected chi connectivity index (χ4v) is 1.52. The molecule has 1 heterocycles. The normalized spacial score (nSPS) is 22.7. The molecule has 76 valence electrons. The molecule has 0 amide bonds. The zero-order chi connectivity index (χ0) is 9.90. The van der Waals surface area contributed by atoms with E-state index < -0.39 is 0 Å². The highest BCUT2D eigenvalue weighted by atomic mass is 16.8. The molecule has 1 rings (SSSR count). The van der Waals surface area contributed by atoms with E-state index in [4.69, 9.17) is 14.3 Å². The van der Waals surface area contributed by atoms with Gasteiger partial charge in [0.2, 0.25) is 12.7 Å². The number of unbranched alkanes of at least 4 members (excludes halogenated alkanes) is 1. The summed E-state index contributed by atoms with van der Waals surface area (Å²) in [7, 11) is 0. The molecule has 3 nitrogen and oxygen atoms in total. The second-order valence-corrected chi connectivity index (χ2v) is 4.28. The third-order valence-electron chi connectivity index (χ3n) is 2.65. The zero-order valence-corrected chi connectivity index (χ0v) is 8.67. The van der Waals surface area contributed by atoms with Crippen LogP contribution < -0.4 is 0 Å². The molecule has 1 aliphatic heterocycles. The molecule has 0 spiro atoms. The molecule has 0 bridgehead atoms. The quantitative estimate of drug-likeness (QED) is 0.499. The lowest BCUT2D eigenvalue weighted by Gasteiger charge is -2.24. The summed E-state index contributed by atoms with van der Waals surface area (Å²) in [5, 5.41) is 0. The number of hydrogen-bond acceptors (Lipinski definition) is 2. The highest BCUT2D eigenvalue weighted by molar-refractivity contribution is 5.62. The third kappa shape index (κ3) is 2.61. The minimum atomic E-state index is -0.269. The topological polar surface area (TPSA) is 39.9 Å². The monoisotopic (exact) mass is 187 g/mol. The summed E-state index contributed by atoms with van der Waals surface area (Å²) >= 11 is 0. The van der Waals surface area contributed by atoms with Gasteiger partial charge in [-0.25, -0.2) is 0 Å². The van der Waals surface area contributed by atoms with E-state index in [2.05, 4.69) is 20.8 Å². The Morgan fingerprint density at radius 2 is 2.23 bits per heavy atom. The first-order valence-corrected chi connectivity index (χ1v) is 4.91. The first kappa shape index (κ1) is 10.4. The van der Waals surface area contributed by atoms with Crippen molar-refractivity contribution in [3.05, 3.63) is 0 Å². The largest absolute Gasteiger partial charge is 0.713 e. The van der Waals surface area contributed by atoms with Crippen LogP contribution in [0.15, 0.2) is 0 Å². The maximum absolute atomic E-state index is 8.96. The van der Waals surface area contributed by atoms with E-state index in [1.54, 1.807) is 0 Å². The summed E-state index contributed by atoms with van der Waals surface area (Å²) in [4.78, 5) is 8.96. The molecular weight excluding hydrogens is 168 g/mol. The second kappa shape index (κ2) is 3.99. The number of ether oxygens (including phenoxy) is 2. The van der Waals surface area contributed by atoms with Gasteiger partial charge in [-0.05, 0) is 6.42 Å². The van der Waals surface area contributed by atoms with Gasteiger partial charge in [-0.15, -0.1) is 0 Å². The van der Waals surface area contributed by atoms with Crippen LogP contribution in [0.3, 0.4) is 0 Å². The molecule has 1 saturated heterocycles. The predicted molar refractivity (Wildman–Crippen MR) is 51.1 cm³/mol. The molecule has 0 aromatic heterocycles. The van der Waals surface area contributed by atoms with Gasteiger partial charge in [-0.1, -0.05) is 33.6 Å². The Bertz CT molecular complexity index is 187. The Hall–Kier alpha value is -0.730. The van der Waals surface area contributed by atoms with E-state index in [0.29, 0.717) is 6.61 Å². The van der Waals surface area contributed by atoms with Crippen LogP contribution in [0.2, 0.25) is 0 Å². The molecule has 13 heavy (non-hydrogen) atoms. The first-order chi connectivity index (χ1) is 6.06. The van der Waals surface area contributed by atoms with Gasteiger partial charge in [0.15, 0.2) is 0 Å². The summed E-state index contributed by atoms with van der Waals surface area (Å²) in [6, 6.07) is 0. The average molecular weight is 187 g/mol. The van der Waals surface area contributed by atoms with Crippen molar-refractivity contribution >= 4 is 6.16 Å². The molecular formula is C10H19O3+. The van der Waals surface area contributed by atoms with Crippen molar-refractivity contribution in [3.8, 4) is 0 Å². The summed E-state index contributed by atoms with van der Waals surface area (Å²) in [5.74, 6) is 0. The Balaban J connectivity index is 2.43. The fourth-order valence-electron chi connectivity index (χ4n) is 1.52. The lowest BCUT2D eigenvalue weighted by Crippen LogP contribution is -2.31. The lowest BCUT2D eigenvalue weighted by atomic mass is 9.82. The number of rotatable bonds is 4. The highest BCUT2D eigenvalue weighted by Gasteiger charge is 2.45. The van der Waals surface area contributed by atoms with Crippen molar-refractivity contribution in [1.29, 1.82) is 0 Å². The van der Waals surface area contributed by atoms with E-state index >= 15 is 0 Å². The van der Waals surface area contributed by atoms with Gasteiger partial charge in [0.1, 0.15) is 0 Å². The van der Waals surface area contributed by atoms with Crippen molar-refractivity contribution in [3.63, 3.8) is 0 Å². The van der Waals surface area contributed by atoms with Gasteiger partial charge in [0.05, 0.1) is 0 Å². The van der Waals surface area contributed by atoms with Gasteiger partial charge in [0, 0.05) is 5.41 Å². The number of hydrogen-bond donors (Lipinski definition) is 0. The summed E-state index contributed by atoms with van der Waals surface area (Å²) in [6.45, 7) is 6.94. The van der Waals surface area contributed by atoms with Crippen LogP contribution in [0.25, 0.3) is 0 Å². The van der Waals surface area contributed by atoms with Crippen LogP contribution >= 0.6 is 0 Å². The molecule has 0 radical (unpaired) electrons. The van der Waals surface area contributed by atoms with Crippen LogP contribution in [-0.2, 0) is 9.47 Å². The SMILES string of the molecule is CCCCC(C)(C)C1COC(=[OH+])O1. The maximum atomic E-state index is 8.96. The van der Waals surface area contributed by atoms with Gasteiger partial charge >= 0.3 is 6.16 Å². The Kier molecular flexibility index (Phi) is 3.17. The van der Waals surface area contributed by atoms with Crippen molar-refractivity contribution in [2.45, 2.75) is 46.1 Å². The van der Waals surface area contributed by atoms with Gasteiger partial charge in [0.25, 0.3) is 0 Å². The van der Waals surface area contributed by atoms with Crippen LogP contribution in [0.4, 0.5) is 0 Å². The third-order valence-corrected chi connectivity index (χ3v) is 2.65. The highest BCUT2D eigenvalue weighted by Crippen LogP contribution is 2.32. The first-order valence-electron chi connectivity index (χ1n) is 4.91. The van der Waals surface area contributed by atoms with Crippen molar-refractivity contribution in [2.24, 2.45) is 5.41 Å². The summed E-state index contributed by atoms with van der Waals surface area (Å²) < 4.78 is 10.1. The van der Waals surface area contributed by atoms with Gasteiger partial charge in [-0.3, -0.25) is 0 Å². The average Bonchev–Trinajstić information content (AvgIpc) is 2.49. The van der Waals surface area contributed by atoms with Crippen LogP contribution in [0.1, 0.15) is 40.0 Å². The minimum absolute atomic E-state index is 0.000880. The van der Waals surface area contributed by atoms with Crippen LogP contribution in [-0.4, -0.2) is 23.7 Å². The number of cyclic esters (lactones) is 2. The summed E-state index contributed by atoms with van der Waals surface area (Å²) in [5.41, 5.74) is 0.0838. The van der Waals surface area contributed by atoms with E-state index in [0.717, 1.165) is 6.42 Å². The molecule has 0 saturated carbocycles. The molecule has 1 unspecified atom stereocenters. The van der Waals surface area contributed by atoms with Gasteiger partial charge < -0.3 is 14.3 Å². The predicted octanol–water partition coefficient (Wildman–Crippen LogP) is 2.08. The van der Waals surface area contributed by atoms with E-state index in [1.807, 2.05) is 0 Å². The molecule has 1 N–H and O–H groups in total. The molecule has 1 fully saturated rings. The minimum Gasteiger partial charge on any atom is -0.336 e. The lowest BCUT2D eigenvalue weighted by molar-refractivity contribution is 0.0735. The molecule has 0 aromatic rings. The molecule has 1 atom stereocenters. The smallest absolute Gasteiger partial charge is 0.336 e. The van der Waals surface area contributed by atoms with E-state index in [-0.39, 0.29) is 17.7 Å². The molecule has 1 aliphatic rings. The van der Waals surface area contributed by atoms with Crippen LogP contribution in [0.5, 0.6) is 0 Å². The van der Waals surface area contributed by atoms with Crippen molar-refractivity contribution in [2.75, 3.05) is 6.61 Å². The molecule has 0 aliphatic carbocycles. The van der Waals surface area contributed by atoms with Gasteiger partial charge in [-0.2, -0.15) is 0 Å². The number of carbonyl (C=O) groups excluding carboxylic acids is 1.